The van der Waals surface area contributed by atoms with Gasteiger partial charge in [-0.1, -0.05) is 61.8 Å². The van der Waals surface area contributed by atoms with Gasteiger partial charge in [0, 0.05) is 12.1 Å². The Morgan fingerprint density at radius 2 is 1.35 bits per heavy atom. The summed E-state index contributed by atoms with van der Waals surface area (Å²) >= 11 is 0. The Bertz CT molecular complexity index is 284. The molecule has 1 heteroatoms. The van der Waals surface area contributed by atoms with Gasteiger partial charge in [-0.2, -0.15) is 0 Å². The molecule has 0 saturated carbocycles. The molecular formula is C22H45N. The van der Waals surface area contributed by atoms with Crippen LogP contribution in [0.5, 0.6) is 0 Å². The molecular weight excluding hydrogens is 278 g/mol. The van der Waals surface area contributed by atoms with Crippen LogP contribution in [-0.4, -0.2) is 23.5 Å². The lowest BCUT2D eigenvalue weighted by atomic mass is 9.68. The summed E-state index contributed by atoms with van der Waals surface area (Å²) in [5.74, 6) is 4.05. The van der Waals surface area contributed by atoms with E-state index in [1.54, 1.807) is 0 Å². The van der Waals surface area contributed by atoms with Crippen LogP contribution < -0.4 is 0 Å². The summed E-state index contributed by atoms with van der Waals surface area (Å²) in [7, 11) is 0. The predicted molar refractivity (Wildman–Crippen MR) is 105 cm³/mol. The third kappa shape index (κ3) is 6.40. The Hall–Kier alpha value is -0.0400. The van der Waals surface area contributed by atoms with E-state index in [-0.39, 0.29) is 0 Å². The third-order valence-electron chi connectivity index (χ3n) is 5.49. The van der Waals surface area contributed by atoms with Crippen molar-refractivity contribution in [3.63, 3.8) is 0 Å². The number of likely N-dealkylation sites (tertiary alicyclic amines) is 1. The van der Waals surface area contributed by atoms with Gasteiger partial charge in [0.15, 0.2) is 0 Å². The molecule has 1 aliphatic rings. The average molecular weight is 324 g/mol. The second-order valence-electron chi connectivity index (χ2n) is 9.96. The number of hydrogen-bond donors (Lipinski definition) is 0. The predicted octanol–water partition coefficient (Wildman–Crippen LogP) is 6.62. The zero-order chi connectivity index (χ0) is 17.6. The van der Waals surface area contributed by atoms with Gasteiger partial charge in [-0.05, 0) is 68.2 Å². The summed E-state index contributed by atoms with van der Waals surface area (Å²) in [5.41, 5.74) is 0.438. The van der Waals surface area contributed by atoms with Crippen LogP contribution in [0.1, 0.15) is 93.9 Å². The van der Waals surface area contributed by atoms with Gasteiger partial charge in [0.25, 0.3) is 0 Å². The molecule has 0 aromatic rings. The molecule has 1 fully saturated rings. The van der Waals surface area contributed by atoms with E-state index in [9.17, 15) is 0 Å². The highest BCUT2D eigenvalue weighted by atomic mass is 15.2. The van der Waals surface area contributed by atoms with Gasteiger partial charge < -0.3 is 0 Å². The molecule has 0 spiro atoms. The molecule has 0 bridgehead atoms. The fourth-order valence-electron chi connectivity index (χ4n) is 5.15. The number of rotatable bonds is 8. The first kappa shape index (κ1) is 21.0. The molecule has 1 rings (SSSR count). The largest absolute Gasteiger partial charge is 0.297 e. The summed E-state index contributed by atoms with van der Waals surface area (Å²) in [6.07, 6.45) is 8.47. The van der Waals surface area contributed by atoms with E-state index < -0.39 is 0 Å². The third-order valence-corrected chi connectivity index (χ3v) is 5.49. The second-order valence-corrected chi connectivity index (χ2v) is 9.96. The number of nitrogens with zero attached hydrogens (tertiary/aromatic N) is 1. The SMILES string of the molecule is CC(C)CC1CCCCN(CC(C)C)C1(CC(C)C)CC(C)C. The molecule has 138 valence electrons. The van der Waals surface area contributed by atoms with Crippen molar-refractivity contribution < 1.29 is 0 Å². The summed E-state index contributed by atoms with van der Waals surface area (Å²) < 4.78 is 0. The molecule has 1 saturated heterocycles. The highest BCUT2D eigenvalue weighted by Crippen LogP contribution is 2.45. The summed E-state index contributed by atoms with van der Waals surface area (Å²) in [4.78, 5) is 2.96. The van der Waals surface area contributed by atoms with Gasteiger partial charge in [0.05, 0.1) is 0 Å². The van der Waals surface area contributed by atoms with Crippen LogP contribution in [0.4, 0.5) is 0 Å². The minimum Gasteiger partial charge on any atom is -0.297 e. The lowest BCUT2D eigenvalue weighted by Gasteiger charge is -2.51. The van der Waals surface area contributed by atoms with Crippen LogP contribution >= 0.6 is 0 Å². The highest BCUT2D eigenvalue weighted by molar-refractivity contribution is 5.00. The van der Waals surface area contributed by atoms with Crippen molar-refractivity contribution in [1.82, 2.24) is 4.90 Å². The Morgan fingerprint density at radius 1 is 0.783 bits per heavy atom. The lowest BCUT2D eigenvalue weighted by Crippen LogP contribution is -2.56. The van der Waals surface area contributed by atoms with Crippen molar-refractivity contribution in [2.24, 2.45) is 29.6 Å². The molecule has 1 heterocycles. The zero-order valence-corrected chi connectivity index (χ0v) is 17.5. The average Bonchev–Trinajstić information content (AvgIpc) is 2.50. The van der Waals surface area contributed by atoms with Crippen LogP contribution in [0.3, 0.4) is 0 Å². The lowest BCUT2D eigenvalue weighted by molar-refractivity contribution is -0.0110. The van der Waals surface area contributed by atoms with Crippen molar-refractivity contribution in [1.29, 1.82) is 0 Å². The summed E-state index contributed by atoms with van der Waals surface area (Å²) in [5, 5.41) is 0. The van der Waals surface area contributed by atoms with Crippen molar-refractivity contribution >= 4 is 0 Å². The van der Waals surface area contributed by atoms with E-state index in [0.29, 0.717) is 5.54 Å². The van der Waals surface area contributed by atoms with E-state index in [1.807, 2.05) is 0 Å². The topological polar surface area (TPSA) is 3.24 Å². The second kappa shape index (κ2) is 9.44. The molecule has 0 amide bonds. The molecule has 1 nitrogen and oxygen atoms in total. The zero-order valence-electron chi connectivity index (χ0n) is 17.5. The maximum Gasteiger partial charge on any atom is 0.0242 e. The van der Waals surface area contributed by atoms with E-state index in [2.05, 4.69) is 60.3 Å². The Labute approximate surface area is 147 Å². The van der Waals surface area contributed by atoms with Gasteiger partial charge in [0.2, 0.25) is 0 Å². The maximum atomic E-state index is 2.96. The molecule has 0 aromatic carbocycles. The van der Waals surface area contributed by atoms with E-state index in [0.717, 1.165) is 29.6 Å². The fourth-order valence-corrected chi connectivity index (χ4v) is 5.15. The molecule has 0 aliphatic carbocycles. The molecule has 0 radical (unpaired) electrons. The van der Waals surface area contributed by atoms with Crippen LogP contribution in [0.25, 0.3) is 0 Å². The molecule has 1 aliphatic heterocycles. The van der Waals surface area contributed by atoms with Crippen molar-refractivity contribution in [2.45, 2.75) is 99.5 Å². The standard InChI is InChI=1S/C22H45N/c1-17(2)13-21-11-9-10-12-23(16-20(7)8)22(21,14-18(3)4)15-19(5)6/h17-21H,9-16H2,1-8H3. The Balaban J connectivity index is 3.25. The van der Waals surface area contributed by atoms with E-state index in [4.69, 9.17) is 0 Å². The maximum absolute atomic E-state index is 2.96. The first-order valence-electron chi connectivity index (χ1n) is 10.4. The van der Waals surface area contributed by atoms with Gasteiger partial charge in [-0.25, -0.2) is 0 Å². The van der Waals surface area contributed by atoms with Crippen LogP contribution in [0, 0.1) is 29.6 Å². The van der Waals surface area contributed by atoms with E-state index >= 15 is 0 Å². The van der Waals surface area contributed by atoms with Crippen molar-refractivity contribution in [3.8, 4) is 0 Å². The van der Waals surface area contributed by atoms with Gasteiger partial charge >= 0.3 is 0 Å². The molecule has 1 atom stereocenters. The smallest absolute Gasteiger partial charge is 0.0242 e. The minimum absolute atomic E-state index is 0.438. The Morgan fingerprint density at radius 3 is 1.78 bits per heavy atom. The monoisotopic (exact) mass is 323 g/mol. The van der Waals surface area contributed by atoms with Crippen molar-refractivity contribution in [2.75, 3.05) is 13.1 Å². The van der Waals surface area contributed by atoms with Crippen LogP contribution in [-0.2, 0) is 0 Å². The molecule has 0 aromatic heterocycles. The Kier molecular flexibility index (Phi) is 8.63. The van der Waals surface area contributed by atoms with Gasteiger partial charge in [0.1, 0.15) is 0 Å². The summed E-state index contributed by atoms with van der Waals surface area (Å²) in [6.45, 7) is 22.0. The quantitative estimate of drug-likeness (QED) is 0.485. The number of hydrogen-bond acceptors (Lipinski definition) is 1. The molecule has 1 unspecified atom stereocenters. The van der Waals surface area contributed by atoms with Gasteiger partial charge in [-0.15, -0.1) is 0 Å². The fraction of sp³-hybridized carbons (Fsp3) is 1.00. The normalized spacial score (nSPS) is 23.2. The first-order chi connectivity index (χ1) is 10.7. The molecule has 0 N–H and O–H groups in total. The summed E-state index contributed by atoms with van der Waals surface area (Å²) in [6, 6.07) is 0. The highest BCUT2D eigenvalue weighted by Gasteiger charge is 2.45. The van der Waals surface area contributed by atoms with Gasteiger partial charge in [-0.3, -0.25) is 4.90 Å². The minimum atomic E-state index is 0.438. The molecule has 23 heavy (non-hydrogen) atoms. The van der Waals surface area contributed by atoms with Crippen molar-refractivity contribution in [3.05, 3.63) is 0 Å². The van der Waals surface area contributed by atoms with Crippen LogP contribution in [0.15, 0.2) is 0 Å². The van der Waals surface area contributed by atoms with Crippen LogP contribution in [0.2, 0.25) is 0 Å². The van der Waals surface area contributed by atoms with E-state index in [1.165, 1.54) is 51.6 Å². The first-order valence-corrected chi connectivity index (χ1v) is 10.4.